The molecule has 0 aromatic heterocycles. The van der Waals surface area contributed by atoms with Crippen molar-refractivity contribution in [3.63, 3.8) is 0 Å². The molecule has 0 spiro atoms. The summed E-state index contributed by atoms with van der Waals surface area (Å²) < 4.78 is 0. The lowest BCUT2D eigenvalue weighted by molar-refractivity contribution is 1.13. The van der Waals surface area contributed by atoms with Gasteiger partial charge in [0.05, 0.1) is 0 Å². The van der Waals surface area contributed by atoms with Gasteiger partial charge in [-0.15, -0.1) is 0 Å². The standard InChI is InChI=1S/C30H32N2/c1-21-15-27(16-22(2)29(21)31-19-25-11-7-5-8-12-25)28-17-23(3)30(24(4)18-28)32-20-26-13-9-6-10-14-26/h5-18,31-32H,19-20H2,1-4H3. The van der Waals surface area contributed by atoms with Gasteiger partial charge >= 0.3 is 0 Å². The van der Waals surface area contributed by atoms with E-state index in [1.54, 1.807) is 0 Å². The second-order valence-corrected chi connectivity index (χ2v) is 8.65. The van der Waals surface area contributed by atoms with Crippen molar-refractivity contribution in [3.8, 4) is 11.1 Å². The van der Waals surface area contributed by atoms with Gasteiger partial charge in [-0.2, -0.15) is 0 Å². The Kier molecular flexibility index (Phi) is 6.61. The minimum Gasteiger partial charge on any atom is -0.381 e. The molecule has 0 aliphatic heterocycles. The molecule has 0 aliphatic carbocycles. The second-order valence-electron chi connectivity index (χ2n) is 8.65. The van der Waals surface area contributed by atoms with Gasteiger partial charge in [-0.3, -0.25) is 0 Å². The minimum atomic E-state index is 0.835. The Morgan fingerprint density at radius 2 is 0.781 bits per heavy atom. The van der Waals surface area contributed by atoms with E-state index in [2.05, 4.69) is 123 Å². The summed E-state index contributed by atoms with van der Waals surface area (Å²) in [7, 11) is 0. The van der Waals surface area contributed by atoms with Crippen molar-refractivity contribution in [2.75, 3.05) is 10.6 Å². The monoisotopic (exact) mass is 420 g/mol. The summed E-state index contributed by atoms with van der Waals surface area (Å²) in [5.41, 5.74) is 12.7. The molecule has 4 rings (SSSR count). The fourth-order valence-electron chi connectivity index (χ4n) is 4.39. The molecule has 0 fully saturated rings. The van der Waals surface area contributed by atoms with Crippen LogP contribution in [0.1, 0.15) is 33.4 Å². The Hall–Kier alpha value is -3.52. The van der Waals surface area contributed by atoms with E-state index in [0.29, 0.717) is 0 Å². The van der Waals surface area contributed by atoms with Crippen molar-refractivity contribution in [1.29, 1.82) is 0 Å². The third kappa shape index (κ3) is 5.03. The molecule has 2 nitrogen and oxygen atoms in total. The zero-order chi connectivity index (χ0) is 22.5. The predicted octanol–water partition coefficient (Wildman–Crippen LogP) is 7.81. The van der Waals surface area contributed by atoms with E-state index in [4.69, 9.17) is 0 Å². The van der Waals surface area contributed by atoms with Gasteiger partial charge in [-0.25, -0.2) is 0 Å². The van der Waals surface area contributed by atoms with Gasteiger partial charge in [0.15, 0.2) is 0 Å². The Bertz CT molecular complexity index is 1050. The number of nitrogens with one attached hydrogen (secondary N) is 2. The maximum absolute atomic E-state index is 3.63. The Balaban J connectivity index is 1.54. The van der Waals surface area contributed by atoms with Crippen LogP contribution in [0.5, 0.6) is 0 Å². The van der Waals surface area contributed by atoms with Gasteiger partial charge in [0.25, 0.3) is 0 Å². The first-order valence-electron chi connectivity index (χ1n) is 11.3. The molecule has 162 valence electrons. The van der Waals surface area contributed by atoms with E-state index in [1.807, 2.05) is 0 Å². The Morgan fingerprint density at radius 3 is 1.09 bits per heavy atom. The highest BCUT2D eigenvalue weighted by molar-refractivity contribution is 5.75. The molecule has 0 heterocycles. The average Bonchev–Trinajstić information content (AvgIpc) is 2.79. The molecule has 32 heavy (non-hydrogen) atoms. The van der Waals surface area contributed by atoms with Crippen LogP contribution >= 0.6 is 0 Å². The number of benzene rings is 4. The molecule has 0 radical (unpaired) electrons. The molecule has 0 saturated heterocycles. The first-order chi connectivity index (χ1) is 15.5. The smallest absolute Gasteiger partial charge is 0.0402 e. The normalized spacial score (nSPS) is 10.8. The molecular formula is C30H32N2. The van der Waals surface area contributed by atoms with E-state index in [0.717, 1.165) is 13.1 Å². The lowest BCUT2D eigenvalue weighted by atomic mass is 9.95. The van der Waals surface area contributed by atoms with Gasteiger partial charge in [-0.05, 0) is 96.5 Å². The predicted molar refractivity (Wildman–Crippen MR) is 138 cm³/mol. The summed E-state index contributed by atoms with van der Waals surface area (Å²) in [4.78, 5) is 0. The molecule has 0 amide bonds. The highest BCUT2D eigenvalue weighted by Gasteiger charge is 2.10. The van der Waals surface area contributed by atoms with Crippen molar-refractivity contribution in [1.82, 2.24) is 0 Å². The van der Waals surface area contributed by atoms with Crippen molar-refractivity contribution >= 4 is 11.4 Å². The summed E-state index contributed by atoms with van der Waals surface area (Å²) in [6.07, 6.45) is 0. The van der Waals surface area contributed by atoms with Crippen LogP contribution in [0, 0.1) is 27.7 Å². The molecule has 4 aromatic carbocycles. The van der Waals surface area contributed by atoms with Crippen LogP contribution in [0.15, 0.2) is 84.9 Å². The minimum absolute atomic E-state index is 0.835. The zero-order valence-corrected chi connectivity index (χ0v) is 19.5. The first-order valence-corrected chi connectivity index (χ1v) is 11.3. The van der Waals surface area contributed by atoms with Crippen molar-refractivity contribution in [2.24, 2.45) is 0 Å². The molecule has 0 aliphatic rings. The van der Waals surface area contributed by atoms with E-state index in [-0.39, 0.29) is 0 Å². The maximum Gasteiger partial charge on any atom is 0.0402 e. The molecule has 2 heteroatoms. The number of aryl methyl sites for hydroxylation is 4. The number of anilines is 2. The zero-order valence-electron chi connectivity index (χ0n) is 19.5. The molecule has 0 atom stereocenters. The Morgan fingerprint density at radius 1 is 0.469 bits per heavy atom. The largest absolute Gasteiger partial charge is 0.381 e. The van der Waals surface area contributed by atoms with Crippen LogP contribution in [0.2, 0.25) is 0 Å². The van der Waals surface area contributed by atoms with Gasteiger partial charge in [0.1, 0.15) is 0 Å². The molecule has 0 unspecified atom stereocenters. The number of hydrogen-bond donors (Lipinski definition) is 2. The van der Waals surface area contributed by atoms with E-state index in [9.17, 15) is 0 Å². The van der Waals surface area contributed by atoms with Crippen molar-refractivity contribution < 1.29 is 0 Å². The lowest BCUT2D eigenvalue weighted by Crippen LogP contribution is -2.04. The van der Waals surface area contributed by atoms with Gasteiger partial charge in [0, 0.05) is 24.5 Å². The summed E-state index contributed by atoms with van der Waals surface area (Å²) >= 11 is 0. The molecule has 0 bridgehead atoms. The SMILES string of the molecule is Cc1cc(-c2cc(C)c(NCc3ccccc3)c(C)c2)cc(C)c1NCc1ccccc1. The fourth-order valence-corrected chi connectivity index (χ4v) is 4.39. The van der Waals surface area contributed by atoms with E-state index < -0.39 is 0 Å². The summed E-state index contributed by atoms with van der Waals surface area (Å²) in [5, 5.41) is 7.26. The van der Waals surface area contributed by atoms with Crippen LogP contribution in [-0.2, 0) is 13.1 Å². The number of rotatable bonds is 7. The highest BCUT2D eigenvalue weighted by Crippen LogP contribution is 2.33. The average molecular weight is 421 g/mol. The Labute approximate surface area is 192 Å². The topological polar surface area (TPSA) is 24.1 Å². The molecule has 4 aromatic rings. The van der Waals surface area contributed by atoms with Crippen LogP contribution < -0.4 is 10.6 Å². The lowest BCUT2D eigenvalue weighted by Gasteiger charge is -2.18. The van der Waals surface area contributed by atoms with Crippen LogP contribution in [0.4, 0.5) is 11.4 Å². The van der Waals surface area contributed by atoms with Gasteiger partial charge < -0.3 is 10.6 Å². The third-order valence-electron chi connectivity index (χ3n) is 6.02. The molecule has 0 saturated carbocycles. The van der Waals surface area contributed by atoms with Crippen LogP contribution in [0.3, 0.4) is 0 Å². The summed E-state index contributed by atoms with van der Waals surface area (Å²) in [6.45, 7) is 10.4. The van der Waals surface area contributed by atoms with Crippen LogP contribution in [-0.4, -0.2) is 0 Å². The fraction of sp³-hybridized carbons (Fsp3) is 0.200. The third-order valence-corrected chi connectivity index (χ3v) is 6.02. The molecule has 2 N–H and O–H groups in total. The number of hydrogen-bond acceptors (Lipinski definition) is 2. The summed E-state index contributed by atoms with van der Waals surface area (Å²) in [6, 6.07) is 30.3. The van der Waals surface area contributed by atoms with Crippen molar-refractivity contribution in [3.05, 3.63) is 118 Å². The van der Waals surface area contributed by atoms with Gasteiger partial charge in [-0.1, -0.05) is 60.7 Å². The van der Waals surface area contributed by atoms with Gasteiger partial charge in [0.2, 0.25) is 0 Å². The quantitative estimate of drug-likeness (QED) is 0.318. The summed E-state index contributed by atoms with van der Waals surface area (Å²) in [5.74, 6) is 0. The first kappa shape index (κ1) is 21.7. The molecular weight excluding hydrogens is 388 g/mol. The van der Waals surface area contributed by atoms with Crippen molar-refractivity contribution in [2.45, 2.75) is 40.8 Å². The second kappa shape index (κ2) is 9.74. The maximum atomic E-state index is 3.63. The van der Waals surface area contributed by atoms with E-state index in [1.165, 1.54) is 55.9 Å². The van der Waals surface area contributed by atoms with E-state index >= 15 is 0 Å². The highest BCUT2D eigenvalue weighted by atomic mass is 14.9. The van der Waals surface area contributed by atoms with Crippen LogP contribution in [0.25, 0.3) is 11.1 Å².